The highest BCUT2D eigenvalue weighted by Gasteiger charge is 2.59. The predicted molar refractivity (Wildman–Crippen MR) is 129 cm³/mol. The largest absolute Gasteiger partial charge is 0.469 e. The van der Waals surface area contributed by atoms with E-state index in [1.807, 2.05) is 12.1 Å². The van der Waals surface area contributed by atoms with Crippen LogP contribution in [0.3, 0.4) is 0 Å². The van der Waals surface area contributed by atoms with Gasteiger partial charge in [-0.05, 0) is 38.3 Å². The zero-order valence-corrected chi connectivity index (χ0v) is 20.4. The van der Waals surface area contributed by atoms with Gasteiger partial charge in [0, 0.05) is 50.7 Å². The van der Waals surface area contributed by atoms with Crippen molar-refractivity contribution in [3.63, 3.8) is 0 Å². The van der Waals surface area contributed by atoms with Crippen molar-refractivity contribution < 1.29 is 13.9 Å². The highest BCUT2D eigenvalue weighted by Crippen LogP contribution is 2.57. The Morgan fingerprint density at radius 2 is 2.17 bits per heavy atom. The van der Waals surface area contributed by atoms with Gasteiger partial charge in [0.1, 0.15) is 5.76 Å². The molecular formula is C22H37IN4O3. The van der Waals surface area contributed by atoms with Crippen molar-refractivity contribution in [2.45, 2.75) is 51.2 Å². The molecule has 2 saturated carbocycles. The van der Waals surface area contributed by atoms with Crippen LogP contribution in [0.4, 0.5) is 0 Å². The Bertz CT molecular complexity index is 645. The van der Waals surface area contributed by atoms with E-state index in [1.54, 1.807) is 6.26 Å². The van der Waals surface area contributed by atoms with Gasteiger partial charge in [0.25, 0.3) is 0 Å². The maximum atomic E-state index is 6.01. The van der Waals surface area contributed by atoms with Crippen LogP contribution in [0.25, 0.3) is 0 Å². The van der Waals surface area contributed by atoms with E-state index in [0.29, 0.717) is 17.6 Å². The molecule has 2 atom stereocenters. The summed E-state index contributed by atoms with van der Waals surface area (Å²) in [6, 6.07) is 4.42. The number of nitrogens with zero attached hydrogens (tertiary/aromatic N) is 2. The molecule has 1 aromatic heterocycles. The molecule has 4 rings (SSSR count). The lowest BCUT2D eigenvalue weighted by molar-refractivity contribution is -0.168. The van der Waals surface area contributed by atoms with Crippen LogP contribution >= 0.6 is 24.0 Å². The number of morpholine rings is 1. The highest BCUT2D eigenvalue weighted by molar-refractivity contribution is 14.0. The number of aliphatic imine (C=N–C) groups is 1. The summed E-state index contributed by atoms with van der Waals surface area (Å²) in [5, 5.41) is 7.26. The molecule has 0 amide bonds. The summed E-state index contributed by atoms with van der Waals surface area (Å²) in [7, 11) is 0. The Hall–Kier alpha value is -0.840. The van der Waals surface area contributed by atoms with E-state index in [9.17, 15) is 0 Å². The fraction of sp³-hybridized carbons (Fsp3) is 0.773. The Morgan fingerprint density at radius 3 is 2.83 bits per heavy atom. The fourth-order valence-electron chi connectivity index (χ4n) is 4.85. The zero-order valence-electron chi connectivity index (χ0n) is 18.1. The van der Waals surface area contributed by atoms with Crippen LogP contribution in [0.15, 0.2) is 27.8 Å². The molecule has 3 fully saturated rings. The average Bonchev–Trinajstić information content (AvgIpc) is 3.20. The Balaban J connectivity index is 0.00000256. The van der Waals surface area contributed by atoms with Gasteiger partial charge in [0.2, 0.25) is 0 Å². The van der Waals surface area contributed by atoms with Gasteiger partial charge in [-0.2, -0.15) is 0 Å². The van der Waals surface area contributed by atoms with Crippen LogP contribution in [-0.4, -0.2) is 75.5 Å². The van der Waals surface area contributed by atoms with Gasteiger partial charge in [-0.3, -0.25) is 9.89 Å². The Morgan fingerprint density at radius 1 is 1.33 bits per heavy atom. The summed E-state index contributed by atoms with van der Waals surface area (Å²) in [4.78, 5) is 7.32. The molecule has 2 aliphatic carbocycles. The normalized spacial score (nSPS) is 25.8. The molecule has 2 unspecified atom stereocenters. The summed E-state index contributed by atoms with van der Waals surface area (Å²) < 4.78 is 16.9. The van der Waals surface area contributed by atoms with Gasteiger partial charge < -0.3 is 24.5 Å². The van der Waals surface area contributed by atoms with Gasteiger partial charge in [-0.1, -0.05) is 6.42 Å². The molecule has 8 heteroatoms. The number of halogens is 1. The lowest BCUT2D eigenvalue weighted by Gasteiger charge is -2.61. The minimum atomic E-state index is 0. The summed E-state index contributed by atoms with van der Waals surface area (Å²) in [6.45, 7) is 9.17. The number of guanidine groups is 1. The quantitative estimate of drug-likeness (QED) is 0.290. The van der Waals surface area contributed by atoms with E-state index in [1.165, 1.54) is 19.3 Å². The first-order valence-corrected chi connectivity index (χ1v) is 11.3. The topological polar surface area (TPSA) is 71.3 Å². The minimum Gasteiger partial charge on any atom is -0.469 e. The summed E-state index contributed by atoms with van der Waals surface area (Å²) in [5.74, 6) is 1.93. The smallest absolute Gasteiger partial charge is 0.191 e. The molecule has 1 aromatic rings. The van der Waals surface area contributed by atoms with Crippen molar-refractivity contribution in [1.82, 2.24) is 15.5 Å². The number of rotatable bonds is 9. The van der Waals surface area contributed by atoms with E-state index in [0.717, 1.165) is 77.1 Å². The van der Waals surface area contributed by atoms with E-state index >= 15 is 0 Å². The van der Waals surface area contributed by atoms with Crippen LogP contribution in [0.5, 0.6) is 0 Å². The Labute approximate surface area is 197 Å². The Kier molecular flexibility index (Phi) is 9.28. The van der Waals surface area contributed by atoms with Crippen molar-refractivity contribution in [3.8, 4) is 0 Å². The second-order valence-electron chi connectivity index (χ2n) is 8.40. The van der Waals surface area contributed by atoms with E-state index in [4.69, 9.17) is 18.9 Å². The number of furan rings is 1. The SMILES string of the molecule is CCOC1CC(NC(=NCCN2CCOCC2)NCCc2ccco2)C12CCC2.I. The average molecular weight is 532 g/mol. The van der Waals surface area contributed by atoms with Crippen LogP contribution in [0.2, 0.25) is 0 Å². The second kappa shape index (κ2) is 11.7. The molecule has 1 aliphatic heterocycles. The highest BCUT2D eigenvalue weighted by atomic mass is 127. The standard InChI is InChI=1S/C22H36N4O3.HI/c1-2-28-20-17-19(22(20)7-4-8-22)25-21(23-9-6-18-5-3-14-29-18)24-10-11-26-12-15-27-16-13-26;/h3,5,14,19-20H,2,4,6-13,15-17H2,1H3,(H2,23,24,25);1H. The summed E-state index contributed by atoms with van der Waals surface area (Å²) in [5.41, 5.74) is 0.323. The zero-order chi connectivity index (χ0) is 19.9. The predicted octanol–water partition coefficient (Wildman–Crippen LogP) is 2.66. The molecular weight excluding hydrogens is 495 g/mol. The molecule has 0 radical (unpaired) electrons. The lowest BCUT2D eigenvalue weighted by atomic mass is 9.51. The van der Waals surface area contributed by atoms with Crippen molar-refractivity contribution >= 4 is 29.9 Å². The molecule has 30 heavy (non-hydrogen) atoms. The first-order chi connectivity index (χ1) is 14.3. The molecule has 0 aromatic carbocycles. The molecule has 0 bridgehead atoms. The second-order valence-corrected chi connectivity index (χ2v) is 8.40. The third-order valence-electron chi connectivity index (χ3n) is 6.78. The third-order valence-corrected chi connectivity index (χ3v) is 6.78. The molecule has 1 saturated heterocycles. The van der Waals surface area contributed by atoms with Crippen LogP contribution in [0.1, 0.15) is 38.4 Å². The monoisotopic (exact) mass is 532 g/mol. The van der Waals surface area contributed by atoms with Crippen molar-refractivity contribution in [1.29, 1.82) is 0 Å². The summed E-state index contributed by atoms with van der Waals surface area (Å²) >= 11 is 0. The fourth-order valence-corrected chi connectivity index (χ4v) is 4.85. The van der Waals surface area contributed by atoms with Gasteiger partial charge >= 0.3 is 0 Å². The van der Waals surface area contributed by atoms with E-state index in [2.05, 4.69) is 22.5 Å². The lowest BCUT2D eigenvalue weighted by Crippen LogP contribution is -2.68. The molecule has 3 aliphatic rings. The third kappa shape index (κ3) is 5.69. The van der Waals surface area contributed by atoms with Gasteiger partial charge in [-0.15, -0.1) is 24.0 Å². The first kappa shape index (κ1) is 23.8. The van der Waals surface area contributed by atoms with Gasteiger partial charge in [-0.25, -0.2) is 0 Å². The van der Waals surface area contributed by atoms with E-state index in [-0.39, 0.29) is 24.0 Å². The van der Waals surface area contributed by atoms with Crippen molar-refractivity contribution in [2.24, 2.45) is 10.4 Å². The van der Waals surface area contributed by atoms with Crippen molar-refractivity contribution in [3.05, 3.63) is 24.2 Å². The number of hydrogen-bond donors (Lipinski definition) is 2. The van der Waals surface area contributed by atoms with Crippen LogP contribution < -0.4 is 10.6 Å². The number of ether oxygens (including phenoxy) is 2. The molecule has 7 nitrogen and oxygen atoms in total. The van der Waals surface area contributed by atoms with E-state index < -0.39 is 0 Å². The van der Waals surface area contributed by atoms with Crippen LogP contribution in [-0.2, 0) is 15.9 Å². The first-order valence-electron chi connectivity index (χ1n) is 11.3. The summed E-state index contributed by atoms with van der Waals surface area (Å²) in [6.07, 6.45) is 7.93. The van der Waals surface area contributed by atoms with Gasteiger partial charge in [0.15, 0.2) is 5.96 Å². The number of nitrogens with one attached hydrogen (secondary N) is 2. The molecule has 2 N–H and O–H groups in total. The number of hydrogen-bond acceptors (Lipinski definition) is 5. The van der Waals surface area contributed by atoms with Gasteiger partial charge in [0.05, 0.1) is 32.1 Å². The van der Waals surface area contributed by atoms with Crippen LogP contribution in [0, 0.1) is 5.41 Å². The maximum absolute atomic E-state index is 6.01. The van der Waals surface area contributed by atoms with Crippen molar-refractivity contribution in [2.75, 3.05) is 52.5 Å². The maximum Gasteiger partial charge on any atom is 0.191 e. The molecule has 1 spiro atoms. The molecule has 2 heterocycles. The minimum absolute atomic E-state index is 0. The molecule has 170 valence electrons.